The topological polar surface area (TPSA) is 117 Å². The van der Waals surface area contributed by atoms with Crippen molar-refractivity contribution < 1.29 is 19.6 Å². The number of nitro benzene ring substituents is 1. The molecule has 2 aromatic carbocycles. The Balaban J connectivity index is 1.48. The SMILES string of the molecule is COc1cc(Br)cc(C=NNC(=O)C2CCN(Cc3ccc([N+](=O)[O-])cc3)CC2)c1O. The minimum atomic E-state index is -0.412. The highest BCUT2D eigenvalue weighted by Crippen LogP contribution is 2.32. The van der Waals surface area contributed by atoms with Crippen molar-refractivity contribution >= 4 is 33.7 Å². The maximum atomic E-state index is 12.4. The summed E-state index contributed by atoms with van der Waals surface area (Å²) >= 11 is 3.34. The van der Waals surface area contributed by atoms with Crippen LogP contribution in [0.2, 0.25) is 0 Å². The average Bonchev–Trinajstić information content (AvgIpc) is 2.76. The molecule has 164 valence electrons. The Kier molecular flexibility index (Phi) is 7.59. The second kappa shape index (κ2) is 10.4. The smallest absolute Gasteiger partial charge is 0.269 e. The van der Waals surface area contributed by atoms with Gasteiger partial charge in [0.25, 0.3) is 5.69 Å². The van der Waals surface area contributed by atoms with E-state index in [1.165, 1.54) is 25.5 Å². The van der Waals surface area contributed by atoms with Crippen LogP contribution in [0.25, 0.3) is 0 Å². The number of nitro groups is 1. The molecule has 0 unspecified atom stereocenters. The number of carbonyl (C=O) groups is 1. The van der Waals surface area contributed by atoms with Gasteiger partial charge in [0.2, 0.25) is 5.91 Å². The number of phenolic OH excluding ortho intramolecular Hbond substituents is 1. The third kappa shape index (κ3) is 6.02. The number of methoxy groups -OCH3 is 1. The van der Waals surface area contributed by atoms with Gasteiger partial charge in [0.1, 0.15) is 0 Å². The highest BCUT2D eigenvalue weighted by atomic mass is 79.9. The highest BCUT2D eigenvalue weighted by molar-refractivity contribution is 9.10. The molecule has 2 N–H and O–H groups in total. The number of hydrogen-bond donors (Lipinski definition) is 2. The Bertz CT molecular complexity index is 972. The molecule has 0 bridgehead atoms. The van der Waals surface area contributed by atoms with Crippen LogP contribution >= 0.6 is 15.9 Å². The molecular formula is C21H23BrN4O5. The van der Waals surface area contributed by atoms with Crippen LogP contribution in [-0.4, -0.2) is 47.3 Å². The number of amides is 1. The first-order valence-corrected chi connectivity index (χ1v) is 10.5. The number of piperidine rings is 1. The maximum absolute atomic E-state index is 12.4. The van der Waals surface area contributed by atoms with Gasteiger partial charge in [-0.2, -0.15) is 5.10 Å². The summed E-state index contributed by atoms with van der Waals surface area (Å²) in [6.45, 7) is 2.19. The van der Waals surface area contributed by atoms with E-state index in [4.69, 9.17) is 4.74 Å². The van der Waals surface area contributed by atoms with Crippen LogP contribution in [0.3, 0.4) is 0 Å². The third-order valence-electron chi connectivity index (χ3n) is 5.18. The average molecular weight is 491 g/mol. The molecule has 10 heteroatoms. The standard InChI is InChI=1S/C21H23BrN4O5/c1-31-19-11-17(22)10-16(20(19)27)12-23-24-21(28)15-6-8-25(9-7-15)13-14-2-4-18(5-3-14)26(29)30/h2-5,10-12,15,27H,6-9,13H2,1H3,(H,24,28). The Labute approximate surface area is 188 Å². The summed E-state index contributed by atoms with van der Waals surface area (Å²) in [5.74, 6) is -0.0469. The molecule has 0 aliphatic carbocycles. The van der Waals surface area contributed by atoms with E-state index in [1.54, 1.807) is 24.3 Å². The second-order valence-corrected chi connectivity index (χ2v) is 8.17. The third-order valence-corrected chi connectivity index (χ3v) is 5.64. The van der Waals surface area contributed by atoms with Crippen molar-refractivity contribution in [3.05, 3.63) is 62.1 Å². The molecule has 2 aromatic rings. The normalized spacial score (nSPS) is 15.2. The fraction of sp³-hybridized carbons (Fsp3) is 0.333. The van der Waals surface area contributed by atoms with Gasteiger partial charge in [0.05, 0.1) is 18.2 Å². The number of halogens is 1. The number of hydrazone groups is 1. The number of ether oxygens (including phenoxy) is 1. The highest BCUT2D eigenvalue weighted by Gasteiger charge is 2.25. The number of nitrogens with one attached hydrogen (secondary N) is 1. The molecule has 1 amide bonds. The molecule has 3 rings (SSSR count). The lowest BCUT2D eigenvalue weighted by Gasteiger charge is -2.30. The zero-order valence-corrected chi connectivity index (χ0v) is 18.5. The first-order valence-electron chi connectivity index (χ1n) is 9.72. The van der Waals surface area contributed by atoms with E-state index >= 15 is 0 Å². The van der Waals surface area contributed by atoms with Gasteiger partial charge in [-0.15, -0.1) is 0 Å². The predicted octanol–water partition coefficient (Wildman–Crippen LogP) is 3.43. The van der Waals surface area contributed by atoms with Crippen LogP contribution < -0.4 is 10.2 Å². The van der Waals surface area contributed by atoms with Crippen LogP contribution in [-0.2, 0) is 11.3 Å². The lowest BCUT2D eigenvalue weighted by molar-refractivity contribution is -0.384. The van der Waals surface area contributed by atoms with Crippen molar-refractivity contribution in [1.82, 2.24) is 10.3 Å². The first-order chi connectivity index (χ1) is 14.9. The molecule has 1 heterocycles. The van der Waals surface area contributed by atoms with E-state index in [0.717, 1.165) is 23.1 Å². The van der Waals surface area contributed by atoms with Gasteiger partial charge >= 0.3 is 0 Å². The van der Waals surface area contributed by atoms with Crippen molar-refractivity contribution in [1.29, 1.82) is 0 Å². The quantitative estimate of drug-likeness (QED) is 0.348. The minimum Gasteiger partial charge on any atom is -0.504 e. The van der Waals surface area contributed by atoms with Crippen LogP contribution in [0.5, 0.6) is 11.5 Å². The van der Waals surface area contributed by atoms with Gasteiger partial charge in [0, 0.05) is 34.6 Å². The maximum Gasteiger partial charge on any atom is 0.269 e. The Morgan fingerprint density at radius 1 is 1.35 bits per heavy atom. The summed E-state index contributed by atoms with van der Waals surface area (Å²) in [6.07, 6.45) is 2.78. The number of phenols is 1. The summed E-state index contributed by atoms with van der Waals surface area (Å²) in [5, 5.41) is 24.9. The van der Waals surface area contributed by atoms with Crippen molar-refractivity contribution in [2.24, 2.45) is 11.0 Å². The second-order valence-electron chi connectivity index (χ2n) is 7.25. The van der Waals surface area contributed by atoms with Crippen molar-refractivity contribution in [2.75, 3.05) is 20.2 Å². The molecule has 1 saturated heterocycles. The molecule has 1 aliphatic heterocycles. The molecule has 9 nitrogen and oxygen atoms in total. The van der Waals surface area contributed by atoms with Crippen molar-refractivity contribution in [3.8, 4) is 11.5 Å². The summed E-state index contributed by atoms with van der Waals surface area (Å²) < 4.78 is 5.81. The summed E-state index contributed by atoms with van der Waals surface area (Å²) in [7, 11) is 1.46. The molecule has 0 atom stereocenters. The number of carbonyl (C=O) groups excluding carboxylic acids is 1. The minimum absolute atomic E-state index is 0.0525. The predicted molar refractivity (Wildman–Crippen MR) is 119 cm³/mol. The van der Waals surface area contributed by atoms with Crippen molar-refractivity contribution in [3.63, 3.8) is 0 Å². The molecule has 31 heavy (non-hydrogen) atoms. The number of non-ortho nitro benzene ring substituents is 1. The number of likely N-dealkylation sites (tertiary alicyclic amines) is 1. The number of hydrogen-bond acceptors (Lipinski definition) is 7. The molecule has 0 spiro atoms. The first kappa shape index (κ1) is 22.7. The number of rotatable bonds is 7. The van der Waals surface area contributed by atoms with Gasteiger partial charge in [-0.05, 0) is 43.6 Å². The summed E-state index contributed by atoms with van der Waals surface area (Å²) in [4.78, 5) is 25.0. The van der Waals surface area contributed by atoms with E-state index in [1.807, 2.05) is 0 Å². The zero-order valence-electron chi connectivity index (χ0n) is 17.0. The zero-order chi connectivity index (χ0) is 22.4. The molecule has 0 saturated carbocycles. The Morgan fingerprint density at radius 2 is 2.03 bits per heavy atom. The van der Waals surface area contributed by atoms with Crippen LogP contribution in [0, 0.1) is 16.0 Å². The molecule has 0 aromatic heterocycles. The summed E-state index contributed by atoms with van der Waals surface area (Å²) in [6, 6.07) is 9.84. The Morgan fingerprint density at radius 3 is 2.65 bits per heavy atom. The van der Waals surface area contributed by atoms with Gasteiger partial charge in [-0.1, -0.05) is 28.1 Å². The van der Waals surface area contributed by atoms with Crippen molar-refractivity contribution in [2.45, 2.75) is 19.4 Å². The molecule has 1 aliphatic rings. The van der Waals surface area contributed by atoms with E-state index < -0.39 is 4.92 Å². The van der Waals surface area contributed by atoms with E-state index in [0.29, 0.717) is 30.7 Å². The molecule has 0 radical (unpaired) electrons. The van der Waals surface area contributed by atoms with E-state index in [2.05, 4.69) is 31.4 Å². The van der Waals surface area contributed by atoms with Crippen LogP contribution in [0.1, 0.15) is 24.0 Å². The van der Waals surface area contributed by atoms with Crippen LogP contribution in [0.4, 0.5) is 5.69 Å². The Hall–Kier alpha value is -2.98. The monoisotopic (exact) mass is 490 g/mol. The lowest BCUT2D eigenvalue weighted by atomic mass is 9.96. The van der Waals surface area contributed by atoms with E-state index in [9.17, 15) is 20.0 Å². The number of nitrogens with zero attached hydrogens (tertiary/aromatic N) is 3. The summed E-state index contributed by atoms with van der Waals surface area (Å²) in [5.41, 5.74) is 4.05. The fourth-order valence-corrected chi connectivity index (χ4v) is 3.89. The number of aromatic hydroxyl groups is 1. The number of benzene rings is 2. The largest absolute Gasteiger partial charge is 0.504 e. The van der Waals surface area contributed by atoms with Gasteiger partial charge in [-0.3, -0.25) is 19.8 Å². The van der Waals surface area contributed by atoms with E-state index in [-0.39, 0.29) is 23.3 Å². The van der Waals surface area contributed by atoms with Gasteiger partial charge < -0.3 is 9.84 Å². The fourth-order valence-electron chi connectivity index (χ4n) is 3.44. The molecular weight excluding hydrogens is 468 g/mol. The van der Waals surface area contributed by atoms with Gasteiger partial charge in [-0.25, -0.2) is 5.43 Å². The lowest BCUT2D eigenvalue weighted by Crippen LogP contribution is -2.39. The van der Waals surface area contributed by atoms with Gasteiger partial charge in [0.15, 0.2) is 11.5 Å². The molecule has 1 fully saturated rings. The van der Waals surface area contributed by atoms with Crippen LogP contribution in [0.15, 0.2) is 46.0 Å².